The monoisotopic (exact) mass is 461 g/mol. The third-order valence-corrected chi connectivity index (χ3v) is 7.11. The smallest absolute Gasteiger partial charge is 0.242 e. The number of hydrogen-bond donors (Lipinski definition) is 2. The number of benzene rings is 2. The molecule has 0 saturated heterocycles. The van der Waals surface area contributed by atoms with Crippen LogP contribution in [0.2, 0.25) is 0 Å². The Balaban J connectivity index is 1.87. The first-order valence-electron chi connectivity index (χ1n) is 9.94. The van der Waals surface area contributed by atoms with Crippen molar-refractivity contribution in [3.63, 3.8) is 0 Å². The van der Waals surface area contributed by atoms with Crippen molar-refractivity contribution in [1.82, 2.24) is 9.71 Å². The quantitative estimate of drug-likeness (QED) is 0.523. The summed E-state index contributed by atoms with van der Waals surface area (Å²) in [6, 6.07) is 9.28. The van der Waals surface area contributed by atoms with E-state index in [2.05, 4.69) is 15.0 Å². The lowest BCUT2D eigenvalue weighted by Gasteiger charge is -2.21. The van der Waals surface area contributed by atoms with Crippen LogP contribution in [0.1, 0.15) is 30.8 Å². The van der Waals surface area contributed by atoms with Crippen LogP contribution >= 0.6 is 11.3 Å². The Hall–Kier alpha value is -2.49. The van der Waals surface area contributed by atoms with Crippen LogP contribution in [0, 0.1) is 19.8 Å². The van der Waals surface area contributed by atoms with Gasteiger partial charge in [0, 0.05) is 0 Å². The molecule has 1 atom stereocenters. The first kappa shape index (κ1) is 23.2. The average molecular weight is 462 g/mol. The number of aromatic nitrogens is 1. The summed E-state index contributed by atoms with van der Waals surface area (Å²) in [6.45, 7) is 7.66. The molecule has 3 rings (SSSR count). The van der Waals surface area contributed by atoms with Gasteiger partial charge in [0.15, 0.2) is 0 Å². The fourth-order valence-corrected chi connectivity index (χ4v) is 5.44. The number of hydrogen-bond acceptors (Lipinski definition) is 6. The summed E-state index contributed by atoms with van der Waals surface area (Å²) >= 11 is 1.43. The third-order valence-electron chi connectivity index (χ3n) is 4.71. The minimum Gasteiger partial charge on any atom is -0.495 e. The summed E-state index contributed by atoms with van der Waals surface area (Å²) in [5.41, 5.74) is 2.21. The summed E-state index contributed by atoms with van der Waals surface area (Å²) < 4.78 is 34.8. The predicted octanol–water partition coefficient (Wildman–Crippen LogP) is 4.25. The van der Waals surface area contributed by atoms with Gasteiger partial charge in [-0.2, -0.15) is 4.72 Å². The van der Waals surface area contributed by atoms with Gasteiger partial charge < -0.3 is 10.1 Å². The van der Waals surface area contributed by atoms with E-state index in [9.17, 15) is 13.2 Å². The molecule has 0 radical (unpaired) electrons. The van der Waals surface area contributed by atoms with Gasteiger partial charge in [-0.25, -0.2) is 13.4 Å². The van der Waals surface area contributed by atoms with Crippen LogP contribution in [0.25, 0.3) is 10.2 Å². The molecule has 2 aromatic carbocycles. The molecule has 0 aliphatic carbocycles. The number of nitrogens with zero attached hydrogens (tertiary/aromatic N) is 1. The minimum atomic E-state index is -3.91. The Kier molecular flexibility index (Phi) is 6.98. The number of anilines is 1. The van der Waals surface area contributed by atoms with E-state index < -0.39 is 22.0 Å². The number of thiazole rings is 1. The maximum atomic E-state index is 13.1. The Bertz CT molecular complexity index is 1200. The van der Waals surface area contributed by atoms with E-state index in [-0.39, 0.29) is 10.8 Å². The van der Waals surface area contributed by atoms with Crippen LogP contribution in [0.15, 0.2) is 41.3 Å². The normalized spacial score (nSPS) is 12.8. The van der Waals surface area contributed by atoms with Gasteiger partial charge in [-0.1, -0.05) is 19.9 Å². The molecule has 166 valence electrons. The number of rotatable bonds is 8. The first-order valence-corrected chi connectivity index (χ1v) is 12.2. The molecule has 0 saturated carbocycles. The van der Waals surface area contributed by atoms with Gasteiger partial charge in [-0.05, 0) is 62.1 Å². The number of amides is 1. The number of carbonyl (C=O) groups excluding carboxylic acids is 1. The lowest BCUT2D eigenvalue weighted by Crippen LogP contribution is -2.44. The fourth-order valence-electron chi connectivity index (χ4n) is 3.26. The first-order chi connectivity index (χ1) is 14.6. The number of carbonyl (C=O) groups is 1. The van der Waals surface area contributed by atoms with Crippen LogP contribution in [-0.4, -0.2) is 32.5 Å². The fraction of sp³-hybridized carbons (Fsp3) is 0.364. The number of aryl methyl sites for hydroxylation is 2. The molecule has 0 aliphatic heterocycles. The van der Waals surface area contributed by atoms with Gasteiger partial charge in [0.2, 0.25) is 15.9 Å². The van der Waals surface area contributed by atoms with E-state index in [0.29, 0.717) is 17.9 Å². The zero-order chi connectivity index (χ0) is 22.8. The molecule has 7 nitrogen and oxygen atoms in total. The van der Waals surface area contributed by atoms with E-state index in [4.69, 9.17) is 4.74 Å². The topological polar surface area (TPSA) is 97.4 Å². The zero-order valence-corrected chi connectivity index (χ0v) is 19.9. The van der Waals surface area contributed by atoms with Gasteiger partial charge in [0.05, 0.1) is 32.9 Å². The highest BCUT2D eigenvalue weighted by molar-refractivity contribution is 7.89. The standard InChI is InChI=1S/C22H27N3O4S2/c1-13(2)10-19(22(26)24-18-11-14(3)6-9-20(18)29-5)25-31(27,28)16-7-8-17-21(12-16)30-15(4)23-17/h6-9,11-13,19,25H,10H2,1-5H3,(H,24,26). The third kappa shape index (κ3) is 5.61. The maximum absolute atomic E-state index is 13.1. The molecule has 1 heterocycles. The number of sulfonamides is 1. The van der Waals surface area contributed by atoms with Crippen molar-refractivity contribution in [2.24, 2.45) is 5.92 Å². The Labute approximate surface area is 186 Å². The molecular weight excluding hydrogens is 434 g/mol. The molecule has 3 aromatic rings. The molecule has 1 aromatic heterocycles. The number of methoxy groups -OCH3 is 1. The molecule has 1 amide bonds. The summed E-state index contributed by atoms with van der Waals surface area (Å²) in [5.74, 6) is 0.177. The second kappa shape index (κ2) is 9.33. The minimum absolute atomic E-state index is 0.101. The second-order valence-corrected chi connectivity index (χ2v) is 10.8. The lowest BCUT2D eigenvalue weighted by molar-refractivity contribution is -0.118. The Morgan fingerprint density at radius 2 is 1.90 bits per heavy atom. The van der Waals surface area contributed by atoms with Crippen LogP contribution < -0.4 is 14.8 Å². The highest BCUT2D eigenvalue weighted by atomic mass is 32.2. The van der Waals surface area contributed by atoms with Crippen molar-refractivity contribution < 1.29 is 17.9 Å². The lowest BCUT2D eigenvalue weighted by atomic mass is 10.0. The van der Waals surface area contributed by atoms with Gasteiger partial charge in [0.1, 0.15) is 11.8 Å². The van der Waals surface area contributed by atoms with E-state index in [1.807, 2.05) is 33.8 Å². The van der Waals surface area contributed by atoms with Crippen molar-refractivity contribution in [2.75, 3.05) is 12.4 Å². The van der Waals surface area contributed by atoms with Gasteiger partial charge in [-0.15, -0.1) is 11.3 Å². The second-order valence-electron chi connectivity index (χ2n) is 7.86. The van der Waals surface area contributed by atoms with E-state index in [0.717, 1.165) is 20.8 Å². The van der Waals surface area contributed by atoms with Crippen LogP contribution in [0.3, 0.4) is 0 Å². The van der Waals surface area contributed by atoms with Crippen molar-refractivity contribution in [3.8, 4) is 5.75 Å². The maximum Gasteiger partial charge on any atom is 0.242 e. The number of nitrogens with one attached hydrogen (secondary N) is 2. The Morgan fingerprint density at radius 1 is 1.16 bits per heavy atom. The van der Waals surface area contributed by atoms with Crippen LogP contribution in [-0.2, 0) is 14.8 Å². The highest BCUT2D eigenvalue weighted by Gasteiger charge is 2.27. The highest BCUT2D eigenvalue weighted by Crippen LogP contribution is 2.27. The molecule has 0 fully saturated rings. The molecule has 0 bridgehead atoms. The molecule has 9 heteroatoms. The van der Waals surface area contributed by atoms with Crippen molar-refractivity contribution >= 4 is 43.2 Å². The molecule has 2 N–H and O–H groups in total. The van der Waals surface area contributed by atoms with E-state index >= 15 is 0 Å². The Morgan fingerprint density at radius 3 is 2.58 bits per heavy atom. The van der Waals surface area contributed by atoms with Crippen molar-refractivity contribution in [2.45, 2.75) is 45.1 Å². The number of ether oxygens (including phenoxy) is 1. The molecule has 1 unspecified atom stereocenters. The largest absolute Gasteiger partial charge is 0.495 e. The van der Waals surface area contributed by atoms with Gasteiger partial charge in [0.25, 0.3) is 0 Å². The molecular formula is C22H27N3O4S2. The van der Waals surface area contributed by atoms with Crippen LogP contribution in [0.4, 0.5) is 5.69 Å². The summed E-state index contributed by atoms with van der Waals surface area (Å²) in [5, 5.41) is 3.68. The summed E-state index contributed by atoms with van der Waals surface area (Å²) in [7, 11) is -2.39. The zero-order valence-electron chi connectivity index (χ0n) is 18.2. The SMILES string of the molecule is COc1ccc(C)cc1NC(=O)C(CC(C)C)NS(=O)(=O)c1ccc2nc(C)sc2c1. The van der Waals surface area contributed by atoms with Gasteiger partial charge in [-0.3, -0.25) is 4.79 Å². The predicted molar refractivity (Wildman–Crippen MR) is 124 cm³/mol. The van der Waals surface area contributed by atoms with E-state index in [1.54, 1.807) is 24.3 Å². The average Bonchev–Trinajstić information content (AvgIpc) is 3.06. The number of fused-ring (bicyclic) bond motifs is 1. The molecule has 0 spiro atoms. The summed E-state index contributed by atoms with van der Waals surface area (Å²) in [6.07, 6.45) is 0.348. The van der Waals surface area contributed by atoms with Crippen molar-refractivity contribution in [3.05, 3.63) is 47.0 Å². The van der Waals surface area contributed by atoms with Crippen molar-refractivity contribution in [1.29, 1.82) is 0 Å². The van der Waals surface area contributed by atoms with Crippen LogP contribution in [0.5, 0.6) is 5.75 Å². The summed E-state index contributed by atoms with van der Waals surface area (Å²) in [4.78, 5) is 17.5. The molecule has 31 heavy (non-hydrogen) atoms. The van der Waals surface area contributed by atoms with Gasteiger partial charge >= 0.3 is 0 Å². The molecule has 0 aliphatic rings. The van der Waals surface area contributed by atoms with E-state index in [1.165, 1.54) is 24.5 Å².